The van der Waals surface area contributed by atoms with Gasteiger partial charge in [0.1, 0.15) is 0 Å². The summed E-state index contributed by atoms with van der Waals surface area (Å²) in [4.78, 5) is 16.2. The van der Waals surface area contributed by atoms with E-state index in [2.05, 4.69) is 24.0 Å². The molecule has 2 fully saturated rings. The van der Waals surface area contributed by atoms with Gasteiger partial charge >= 0.3 is 6.18 Å². The highest BCUT2D eigenvalue weighted by atomic mass is 19.4. The number of carbonyl (C=O) groups excluding carboxylic acids is 1. The molecular formula is C27H33F3N2O. The third-order valence-electron chi connectivity index (χ3n) is 7.82. The minimum Gasteiger partial charge on any atom is -0.343 e. The molecule has 2 aliphatic heterocycles. The molecule has 6 heteroatoms. The maximum Gasteiger partial charge on any atom is 0.416 e. The number of nitrogens with zero attached hydrogens (tertiary/aromatic N) is 2. The zero-order valence-corrected chi connectivity index (χ0v) is 19.4. The molecule has 1 atom stereocenters. The van der Waals surface area contributed by atoms with E-state index in [9.17, 15) is 18.0 Å². The predicted octanol–water partition coefficient (Wildman–Crippen LogP) is 5.95. The van der Waals surface area contributed by atoms with Crippen molar-refractivity contribution < 1.29 is 18.0 Å². The number of alkyl halides is 3. The molecule has 2 saturated heterocycles. The fourth-order valence-electron chi connectivity index (χ4n) is 5.67. The Kier molecular flexibility index (Phi) is 6.85. The molecule has 0 radical (unpaired) electrons. The van der Waals surface area contributed by atoms with Gasteiger partial charge in [-0.15, -0.1) is 0 Å². The van der Waals surface area contributed by atoms with Gasteiger partial charge in [0.25, 0.3) is 0 Å². The maximum absolute atomic E-state index is 13.1. The highest BCUT2D eigenvalue weighted by Gasteiger charge is 2.39. The second-order valence-electron chi connectivity index (χ2n) is 9.84. The third kappa shape index (κ3) is 5.26. The second-order valence-corrected chi connectivity index (χ2v) is 9.84. The Balaban J connectivity index is 1.49. The van der Waals surface area contributed by atoms with Crippen molar-refractivity contribution in [3.63, 3.8) is 0 Å². The first-order chi connectivity index (χ1) is 15.7. The molecule has 33 heavy (non-hydrogen) atoms. The Labute approximate surface area is 194 Å². The smallest absolute Gasteiger partial charge is 0.343 e. The molecule has 0 aromatic heterocycles. The number of carbonyl (C=O) groups is 1. The van der Waals surface area contributed by atoms with Crippen LogP contribution in [0.5, 0.6) is 0 Å². The van der Waals surface area contributed by atoms with Gasteiger partial charge in [-0.2, -0.15) is 13.2 Å². The Morgan fingerprint density at radius 2 is 1.45 bits per heavy atom. The maximum atomic E-state index is 13.1. The lowest BCUT2D eigenvalue weighted by Gasteiger charge is -2.50. The standard InChI is InChI=1S/C27H33F3N2O/c1-20(33)31-18-14-26(2,15-19-31)32-16-12-23(13-17-32)25(21-6-4-3-5-7-21)22-8-10-24(11-9-22)27(28,29)30/h3-11,23,25H,12-19H2,1-2H3. The average molecular weight is 459 g/mol. The van der Waals surface area contributed by atoms with Crippen LogP contribution in [0.1, 0.15) is 62.1 Å². The van der Waals surface area contributed by atoms with E-state index >= 15 is 0 Å². The molecular weight excluding hydrogens is 425 g/mol. The van der Waals surface area contributed by atoms with Gasteiger partial charge in [-0.3, -0.25) is 9.69 Å². The Morgan fingerprint density at radius 3 is 1.97 bits per heavy atom. The van der Waals surface area contributed by atoms with Crippen LogP contribution in [0.3, 0.4) is 0 Å². The lowest BCUT2D eigenvalue weighted by molar-refractivity contribution is -0.137. The van der Waals surface area contributed by atoms with E-state index in [0.29, 0.717) is 5.92 Å². The van der Waals surface area contributed by atoms with Crippen molar-refractivity contribution in [1.82, 2.24) is 9.80 Å². The van der Waals surface area contributed by atoms with E-state index < -0.39 is 11.7 Å². The number of benzene rings is 2. The van der Waals surface area contributed by atoms with Crippen LogP contribution in [-0.2, 0) is 11.0 Å². The van der Waals surface area contributed by atoms with Crippen LogP contribution in [0.2, 0.25) is 0 Å². The van der Waals surface area contributed by atoms with Crippen LogP contribution in [0, 0.1) is 5.92 Å². The zero-order chi connectivity index (χ0) is 23.6. The normalized spacial score (nSPS) is 21.1. The lowest BCUT2D eigenvalue weighted by atomic mass is 9.75. The largest absolute Gasteiger partial charge is 0.416 e. The van der Waals surface area contributed by atoms with Gasteiger partial charge in [-0.1, -0.05) is 42.5 Å². The monoisotopic (exact) mass is 458 g/mol. The van der Waals surface area contributed by atoms with E-state index in [0.717, 1.165) is 63.0 Å². The van der Waals surface area contributed by atoms with E-state index in [1.54, 1.807) is 19.1 Å². The van der Waals surface area contributed by atoms with Gasteiger partial charge in [0.05, 0.1) is 5.56 Å². The highest BCUT2D eigenvalue weighted by Crippen LogP contribution is 2.41. The van der Waals surface area contributed by atoms with Crippen LogP contribution >= 0.6 is 0 Å². The first kappa shape index (κ1) is 23.8. The molecule has 0 bridgehead atoms. The van der Waals surface area contributed by atoms with E-state index in [-0.39, 0.29) is 17.4 Å². The second kappa shape index (κ2) is 9.49. The lowest BCUT2D eigenvalue weighted by Crippen LogP contribution is -2.56. The van der Waals surface area contributed by atoms with Crippen molar-refractivity contribution in [3.8, 4) is 0 Å². The summed E-state index contributed by atoms with van der Waals surface area (Å²) in [5, 5.41) is 0. The number of piperidine rings is 2. The van der Waals surface area contributed by atoms with Crippen LogP contribution in [0.4, 0.5) is 13.2 Å². The van der Waals surface area contributed by atoms with Crippen LogP contribution in [0.15, 0.2) is 54.6 Å². The minimum absolute atomic E-state index is 0.0861. The number of rotatable bonds is 4. The Hall–Kier alpha value is -2.34. The number of hydrogen-bond acceptors (Lipinski definition) is 2. The van der Waals surface area contributed by atoms with Crippen molar-refractivity contribution in [3.05, 3.63) is 71.3 Å². The van der Waals surface area contributed by atoms with Crippen molar-refractivity contribution in [1.29, 1.82) is 0 Å². The van der Waals surface area contributed by atoms with E-state index in [1.807, 2.05) is 23.1 Å². The molecule has 0 spiro atoms. The van der Waals surface area contributed by atoms with Gasteiger partial charge in [-0.25, -0.2) is 0 Å². The number of halogens is 3. The summed E-state index contributed by atoms with van der Waals surface area (Å²) in [5.74, 6) is 0.613. The molecule has 0 saturated carbocycles. The molecule has 0 N–H and O–H groups in total. The van der Waals surface area contributed by atoms with E-state index in [4.69, 9.17) is 0 Å². The molecule has 2 aromatic rings. The summed E-state index contributed by atoms with van der Waals surface area (Å²) in [7, 11) is 0. The van der Waals surface area contributed by atoms with Crippen LogP contribution in [0.25, 0.3) is 0 Å². The fraction of sp³-hybridized carbons (Fsp3) is 0.519. The summed E-state index contributed by atoms with van der Waals surface area (Å²) in [5.41, 5.74) is 1.62. The predicted molar refractivity (Wildman–Crippen MR) is 124 cm³/mol. The van der Waals surface area contributed by atoms with Crippen molar-refractivity contribution in [2.45, 2.75) is 57.2 Å². The summed E-state index contributed by atoms with van der Waals surface area (Å²) in [6, 6.07) is 15.9. The SMILES string of the molecule is CC(=O)N1CCC(C)(N2CCC(C(c3ccccc3)c3ccc(C(F)(F)F)cc3)CC2)CC1. The quantitative estimate of drug-likeness (QED) is 0.565. The molecule has 3 nitrogen and oxygen atoms in total. The molecule has 1 unspecified atom stereocenters. The number of likely N-dealkylation sites (tertiary alicyclic amines) is 2. The van der Waals surface area contributed by atoms with Crippen molar-refractivity contribution >= 4 is 5.91 Å². The average Bonchev–Trinajstić information content (AvgIpc) is 2.80. The molecule has 2 aromatic carbocycles. The van der Waals surface area contributed by atoms with Crippen molar-refractivity contribution in [2.24, 2.45) is 5.92 Å². The van der Waals surface area contributed by atoms with E-state index in [1.165, 1.54) is 12.1 Å². The van der Waals surface area contributed by atoms with Crippen molar-refractivity contribution in [2.75, 3.05) is 26.2 Å². The zero-order valence-electron chi connectivity index (χ0n) is 19.4. The molecule has 2 aliphatic rings. The summed E-state index contributed by atoms with van der Waals surface area (Å²) < 4.78 is 39.3. The van der Waals surface area contributed by atoms with Gasteiger partial charge in [-0.05, 0) is 74.9 Å². The summed E-state index contributed by atoms with van der Waals surface area (Å²) in [6.07, 6.45) is -0.338. The molecule has 0 aliphatic carbocycles. The van der Waals surface area contributed by atoms with Gasteiger partial charge in [0.15, 0.2) is 0 Å². The molecule has 2 heterocycles. The first-order valence-electron chi connectivity index (χ1n) is 11.9. The summed E-state index contributed by atoms with van der Waals surface area (Å²) >= 11 is 0. The van der Waals surface area contributed by atoms with Crippen LogP contribution < -0.4 is 0 Å². The van der Waals surface area contributed by atoms with Gasteiger partial charge < -0.3 is 4.90 Å². The summed E-state index contributed by atoms with van der Waals surface area (Å²) in [6.45, 7) is 7.53. The molecule has 1 amide bonds. The number of amides is 1. The highest BCUT2D eigenvalue weighted by molar-refractivity contribution is 5.73. The fourth-order valence-corrected chi connectivity index (χ4v) is 5.67. The van der Waals surface area contributed by atoms with Gasteiger partial charge in [0.2, 0.25) is 5.91 Å². The van der Waals surface area contributed by atoms with Crippen LogP contribution in [-0.4, -0.2) is 47.4 Å². The Morgan fingerprint density at radius 1 is 0.909 bits per heavy atom. The van der Waals surface area contributed by atoms with Gasteiger partial charge in [0, 0.05) is 31.5 Å². The third-order valence-corrected chi connectivity index (χ3v) is 7.82. The first-order valence-corrected chi connectivity index (χ1v) is 11.9. The minimum atomic E-state index is -4.32. The topological polar surface area (TPSA) is 23.6 Å². The molecule has 178 valence electrons. The molecule has 4 rings (SSSR count). The Bertz CT molecular complexity index is 926. The number of hydrogen-bond donors (Lipinski definition) is 0.